The third-order valence-corrected chi connectivity index (χ3v) is 2.39. The molecule has 0 saturated carbocycles. The minimum atomic E-state index is 0.0487. The Morgan fingerprint density at radius 2 is 1.73 bits per heavy atom. The highest BCUT2D eigenvalue weighted by atomic mass is 16.1. The van der Waals surface area contributed by atoms with Crippen LogP contribution in [0.3, 0.4) is 0 Å². The van der Waals surface area contributed by atoms with E-state index in [1.807, 2.05) is 34.6 Å². The van der Waals surface area contributed by atoms with Gasteiger partial charge in [-0.05, 0) is 29.9 Å². The fraction of sp³-hybridized carbons (Fsp3) is 0.769. The Bertz CT molecular complexity index is 195. The molecule has 0 heterocycles. The molecule has 0 radical (unpaired) electrons. The second-order valence-corrected chi connectivity index (χ2v) is 3.62. The highest BCUT2D eigenvalue weighted by Crippen LogP contribution is 2.19. The van der Waals surface area contributed by atoms with Gasteiger partial charge in [-0.3, -0.25) is 4.79 Å². The molecule has 0 aliphatic carbocycles. The third kappa shape index (κ3) is 5.73. The van der Waals surface area contributed by atoms with Gasteiger partial charge in [0.15, 0.2) is 0 Å². The van der Waals surface area contributed by atoms with Crippen LogP contribution >= 0.6 is 0 Å². The minimum absolute atomic E-state index is 0.0487. The molecular formula is C13H27NO. The SMILES string of the molecule is CC.CC/C(=C(/C=O)C(C)C)C(N)CC. The van der Waals surface area contributed by atoms with Gasteiger partial charge in [0, 0.05) is 6.04 Å². The first kappa shape index (κ1) is 16.8. The van der Waals surface area contributed by atoms with E-state index in [-0.39, 0.29) is 12.0 Å². The van der Waals surface area contributed by atoms with E-state index in [2.05, 4.69) is 6.92 Å². The lowest BCUT2D eigenvalue weighted by Crippen LogP contribution is -2.24. The van der Waals surface area contributed by atoms with Crippen LogP contribution in [0.25, 0.3) is 0 Å². The maximum atomic E-state index is 10.9. The molecule has 0 spiro atoms. The molecule has 0 aliphatic heterocycles. The number of nitrogens with two attached hydrogens (primary N) is 1. The van der Waals surface area contributed by atoms with Crippen LogP contribution in [0.1, 0.15) is 54.4 Å². The molecule has 2 heteroatoms. The molecule has 0 aromatic heterocycles. The van der Waals surface area contributed by atoms with Gasteiger partial charge in [0.25, 0.3) is 0 Å². The van der Waals surface area contributed by atoms with Crippen molar-refractivity contribution in [2.24, 2.45) is 11.7 Å². The van der Waals surface area contributed by atoms with E-state index in [9.17, 15) is 4.79 Å². The summed E-state index contributed by atoms with van der Waals surface area (Å²) in [6, 6.07) is 0.0487. The quantitative estimate of drug-likeness (QED) is 0.562. The second-order valence-electron chi connectivity index (χ2n) is 3.62. The third-order valence-electron chi connectivity index (χ3n) is 2.39. The highest BCUT2D eigenvalue weighted by molar-refractivity contribution is 5.75. The summed E-state index contributed by atoms with van der Waals surface area (Å²) < 4.78 is 0. The van der Waals surface area contributed by atoms with Crippen molar-refractivity contribution in [2.45, 2.75) is 60.4 Å². The van der Waals surface area contributed by atoms with Crippen LogP contribution < -0.4 is 5.73 Å². The van der Waals surface area contributed by atoms with Crippen molar-refractivity contribution >= 4 is 6.29 Å². The van der Waals surface area contributed by atoms with E-state index >= 15 is 0 Å². The molecule has 2 nitrogen and oxygen atoms in total. The van der Waals surface area contributed by atoms with Gasteiger partial charge in [-0.15, -0.1) is 0 Å². The van der Waals surface area contributed by atoms with Gasteiger partial charge in [-0.2, -0.15) is 0 Å². The zero-order valence-corrected chi connectivity index (χ0v) is 11.1. The Kier molecular flexibility index (Phi) is 11.1. The van der Waals surface area contributed by atoms with E-state index in [0.717, 1.165) is 30.3 Å². The van der Waals surface area contributed by atoms with Crippen molar-refractivity contribution in [3.05, 3.63) is 11.1 Å². The monoisotopic (exact) mass is 213 g/mol. The molecular weight excluding hydrogens is 186 g/mol. The molecule has 0 aromatic rings. The summed E-state index contributed by atoms with van der Waals surface area (Å²) in [5.74, 6) is 0.282. The van der Waals surface area contributed by atoms with Gasteiger partial charge < -0.3 is 5.73 Å². The highest BCUT2D eigenvalue weighted by Gasteiger charge is 2.13. The minimum Gasteiger partial charge on any atom is -0.324 e. The van der Waals surface area contributed by atoms with Crippen LogP contribution in [-0.4, -0.2) is 12.3 Å². The van der Waals surface area contributed by atoms with Gasteiger partial charge in [0.1, 0.15) is 6.29 Å². The van der Waals surface area contributed by atoms with E-state index in [0.29, 0.717) is 0 Å². The van der Waals surface area contributed by atoms with Crippen molar-refractivity contribution in [1.82, 2.24) is 0 Å². The Morgan fingerprint density at radius 1 is 1.27 bits per heavy atom. The molecule has 0 aromatic carbocycles. The Morgan fingerprint density at radius 3 is 1.93 bits per heavy atom. The van der Waals surface area contributed by atoms with E-state index in [1.165, 1.54) is 0 Å². The summed E-state index contributed by atoms with van der Waals surface area (Å²) in [6.07, 6.45) is 2.73. The Balaban J connectivity index is 0. The van der Waals surface area contributed by atoms with Crippen molar-refractivity contribution in [2.75, 3.05) is 0 Å². The van der Waals surface area contributed by atoms with Crippen LogP contribution in [0.15, 0.2) is 11.1 Å². The second kappa shape index (κ2) is 9.91. The van der Waals surface area contributed by atoms with Crippen LogP contribution in [0.5, 0.6) is 0 Å². The van der Waals surface area contributed by atoms with Gasteiger partial charge in [0.2, 0.25) is 0 Å². The standard InChI is InChI=1S/C11H21NO.C2H6/c1-5-9(11(12)6-2)10(7-13)8(3)4;1-2/h7-8,11H,5-6,12H2,1-4H3;1-2H3/b10-9+;. The van der Waals surface area contributed by atoms with Crippen LogP contribution in [0.2, 0.25) is 0 Å². The number of rotatable bonds is 5. The predicted octanol–water partition coefficient (Wildman–Crippen LogP) is 3.31. The molecule has 0 fully saturated rings. The number of hydrogen-bond acceptors (Lipinski definition) is 2. The van der Waals surface area contributed by atoms with Gasteiger partial charge in [0.05, 0.1) is 0 Å². The summed E-state index contributed by atoms with van der Waals surface area (Å²) in [5, 5.41) is 0. The number of carbonyl (C=O) groups is 1. The molecule has 90 valence electrons. The van der Waals surface area contributed by atoms with E-state index in [1.54, 1.807) is 0 Å². The molecule has 0 saturated heterocycles. The first-order chi connectivity index (χ1) is 7.08. The largest absolute Gasteiger partial charge is 0.324 e. The molecule has 1 unspecified atom stereocenters. The topological polar surface area (TPSA) is 43.1 Å². The Labute approximate surface area is 94.9 Å². The lowest BCUT2D eigenvalue weighted by molar-refractivity contribution is -0.105. The molecule has 15 heavy (non-hydrogen) atoms. The van der Waals surface area contributed by atoms with Crippen LogP contribution in [-0.2, 0) is 4.79 Å². The van der Waals surface area contributed by atoms with Gasteiger partial charge >= 0.3 is 0 Å². The molecule has 1 atom stereocenters. The smallest absolute Gasteiger partial charge is 0.146 e. The zero-order valence-electron chi connectivity index (χ0n) is 11.1. The predicted molar refractivity (Wildman–Crippen MR) is 67.8 cm³/mol. The van der Waals surface area contributed by atoms with Crippen molar-refractivity contribution < 1.29 is 4.79 Å². The fourth-order valence-electron chi connectivity index (χ4n) is 1.51. The lowest BCUT2D eigenvalue weighted by Gasteiger charge is -2.17. The molecule has 0 aliphatic rings. The van der Waals surface area contributed by atoms with E-state index < -0.39 is 0 Å². The van der Waals surface area contributed by atoms with Crippen LogP contribution in [0.4, 0.5) is 0 Å². The summed E-state index contributed by atoms with van der Waals surface area (Å²) in [7, 11) is 0. The van der Waals surface area contributed by atoms with Crippen molar-refractivity contribution in [1.29, 1.82) is 0 Å². The first-order valence-corrected chi connectivity index (χ1v) is 6.02. The van der Waals surface area contributed by atoms with Crippen LogP contribution in [0, 0.1) is 5.92 Å². The maximum Gasteiger partial charge on any atom is 0.146 e. The normalized spacial score (nSPS) is 13.9. The Hall–Kier alpha value is -0.630. The first-order valence-electron chi connectivity index (χ1n) is 6.02. The molecule has 2 N–H and O–H groups in total. The molecule has 0 amide bonds. The average molecular weight is 213 g/mol. The summed E-state index contributed by atoms with van der Waals surface area (Å²) >= 11 is 0. The van der Waals surface area contributed by atoms with Crippen molar-refractivity contribution in [3.8, 4) is 0 Å². The molecule has 0 rings (SSSR count). The maximum absolute atomic E-state index is 10.9. The fourth-order valence-corrected chi connectivity index (χ4v) is 1.51. The van der Waals surface area contributed by atoms with Gasteiger partial charge in [-0.25, -0.2) is 0 Å². The average Bonchev–Trinajstić information content (AvgIpc) is 2.26. The number of allylic oxidation sites excluding steroid dienone is 1. The van der Waals surface area contributed by atoms with E-state index in [4.69, 9.17) is 5.73 Å². The number of carbonyl (C=O) groups excluding carboxylic acids is 1. The lowest BCUT2D eigenvalue weighted by atomic mass is 9.91. The van der Waals surface area contributed by atoms with Crippen molar-refractivity contribution in [3.63, 3.8) is 0 Å². The number of aldehydes is 1. The summed E-state index contributed by atoms with van der Waals surface area (Å²) in [6.45, 7) is 12.2. The van der Waals surface area contributed by atoms with Gasteiger partial charge in [-0.1, -0.05) is 41.5 Å². The summed E-state index contributed by atoms with van der Waals surface area (Å²) in [5.41, 5.74) is 7.93. The summed E-state index contributed by atoms with van der Waals surface area (Å²) in [4.78, 5) is 10.9. The molecule has 0 bridgehead atoms. The number of hydrogen-bond donors (Lipinski definition) is 1. The zero-order chi connectivity index (χ0) is 12.4.